The highest BCUT2D eigenvalue weighted by Crippen LogP contribution is 2.50. The molecular weight excluding hydrogens is 567 g/mol. The lowest BCUT2D eigenvalue weighted by Crippen LogP contribution is -2.23. The Morgan fingerprint density at radius 2 is 1.66 bits per heavy atom. The van der Waals surface area contributed by atoms with Crippen molar-refractivity contribution in [1.29, 1.82) is 0 Å². The first kappa shape index (κ1) is 30.0. The maximum absolute atomic E-state index is 12.5. The molecule has 0 fully saturated rings. The van der Waals surface area contributed by atoms with Crippen molar-refractivity contribution >= 4 is 36.5 Å². The van der Waals surface area contributed by atoms with Crippen LogP contribution in [-0.4, -0.2) is 64.6 Å². The van der Waals surface area contributed by atoms with Gasteiger partial charge in [0.25, 0.3) is 0 Å². The third-order valence-electron chi connectivity index (χ3n) is 4.54. The van der Waals surface area contributed by atoms with E-state index in [9.17, 15) is 30.9 Å². The summed E-state index contributed by atoms with van der Waals surface area (Å²) in [6, 6.07) is 7.13. The Kier molecular flexibility index (Phi) is 9.52. The molecule has 1 atom stereocenters. The van der Waals surface area contributed by atoms with Crippen LogP contribution in [0.25, 0.3) is 11.2 Å². The van der Waals surface area contributed by atoms with Crippen molar-refractivity contribution in [2.75, 3.05) is 32.4 Å². The molecule has 3 aromatic rings. The number of imidazole rings is 1. The lowest BCUT2D eigenvalue weighted by Gasteiger charge is -2.22. The lowest BCUT2D eigenvalue weighted by molar-refractivity contribution is -0.166. The lowest BCUT2D eigenvalue weighted by atomic mass is 10.3. The molecule has 0 aliphatic rings. The molecule has 2 N–H and O–H groups in total. The molecule has 18 heteroatoms. The van der Waals surface area contributed by atoms with Crippen molar-refractivity contribution in [2.24, 2.45) is 0 Å². The highest BCUT2D eigenvalue weighted by Gasteiger charge is 2.39. The molecule has 210 valence electrons. The number of nitrogens with zero attached hydrogens (tertiary/aromatic N) is 4. The zero-order valence-corrected chi connectivity index (χ0v) is 21.5. The van der Waals surface area contributed by atoms with Crippen LogP contribution in [0.1, 0.15) is 6.92 Å². The van der Waals surface area contributed by atoms with Crippen LogP contribution >= 0.6 is 19.4 Å². The van der Waals surface area contributed by atoms with Crippen LogP contribution < -0.4 is 10.5 Å². The minimum Gasteiger partial charge on any atom is -0.497 e. The molecule has 0 bridgehead atoms. The van der Waals surface area contributed by atoms with Gasteiger partial charge in [-0.2, -0.15) is 31.3 Å². The molecule has 0 aliphatic heterocycles. The number of rotatable bonds is 12. The fraction of sp³-hybridized carbons (Fsp3) is 0.450. The Bertz CT molecular complexity index is 1250. The SMILES string of the molecule is COc1ccc(Sc2nc(N)nc3c2ncn3CC(C)OCP(=O)(OCC(F)(F)F)OCC(F)(F)F)cc1. The zero-order chi connectivity index (χ0) is 28.1. The summed E-state index contributed by atoms with van der Waals surface area (Å²) >= 11 is 1.26. The summed E-state index contributed by atoms with van der Waals surface area (Å²) in [6.07, 6.45) is -10.5. The molecule has 0 spiro atoms. The van der Waals surface area contributed by atoms with E-state index < -0.39 is 45.6 Å². The first-order valence-electron chi connectivity index (χ1n) is 10.6. The van der Waals surface area contributed by atoms with Crippen LogP contribution in [0.5, 0.6) is 5.75 Å². The normalized spacial score (nSPS) is 13.7. The Balaban J connectivity index is 1.72. The summed E-state index contributed by atoms with van der Waals surface area (Å²) in [6.45, 7) is -2.73. The average Bonchev–Trinajstić information content (AvgIpc) is 3.22. The summed E-state index contributed by atoms with van der Waals surface area (Å²) in [4.78, 5) is 13.5. The van der Waals surface area contributed by atoms with Crippen molar-refractivity contribution in [3.8, 4) is 5.75 Å². The van der Waals surface area contributed by atoms with Crippen LogP contribution in [0.4, 0.5) is 32.3 Å². The number of nitrogen functional groups attached to an aromatic ring is 1. The van der Waals surface area contributed by atoms with Crippen LogP contribution in [0, 0.1) is 0 Å². The van der Waals surface area contributed by atoms with Gasteiger partial charge in [-0.25, -0.2) is 9.97 Å². The maximum Gasteiger partial charge on any atom is 0.412 e. The van der Waals surface area contributed by atoms with Gasteiger partial charge >= 0.3 is 19.9 Å². The van der Waals surface area contributed by atoms with E-state index in [1.54, 1.807) is 24.3 Å². The zero-order valence-electron chi connectivity index (χ0n) is 19.8. The van der Waals surface area contributed by atoms with E-state index in [1.165, 1.54) is 36.7 Å². The molecule has 38 heavy (non-hydrogen) atoms. The number of hydrogen-bond donors (Lipinski definition) is 1. The van der Waals surface area contributed by atoms with Gasteiger partial charge in [-0.15, -0.1) is 0 Å². The van der Waals surface area contributed by atoms with E-state index in [2.05, 4.69) is 24.0 Å². The monoisotopic (exact) mass is 589 g/mol. The summed E-state index contributed by atoms with van der Waals surface area (Å²) in [5.41, 5.74) is 6.54. The van der Waals surface area contributed by atoms with Crippen LogP contribution in [0.15, 0.2) is 40.5 Å². The van der Waals surface area contributed by atoms with Gasteiger partial charge in [-0.3, -0.25) is 13.6 Å². The molecular formula is C20H22F6N5O5PS. The van der Waals surface area contributed by atoms with Gasteiger partial charge in [0.1, 0.15) is 22.6 Å². The van der Waals surface area contributed by atoms with Gasteiger partial charge in [-0.05, 0) is 31.2 Å². The molecule has 1 unspecified atom stereocenters. The summed E-state index contributed by atoms with van der Waals surface area (Å²) in [5.74, 6) is 0.603. The second-order valence-corrected chi connectivity index (χ2v) is 10.8. The topological polar surface area (TPSA) is 124 Å². The smallest absolute Gasteiger partial charge is 0.412 e. The van der Waals surface area contributed by atoms with Crippen molar-refractivity contribution in [1.82, 2.24) is 19.5 Å². The number of alkyl halides is 6. The second kappa shape index (κ2) is 12.1. The standard InChI is InChI=1S/C20H22F6N5O5PS/c1-12(34-11-37(32,35-8-19(21,22)23)36-9-20(24,25)26)7-31-10-28-15-16(31)29-18(27)30-17(15)38-14-5-3-13(33-2)4-6-14/h3-6,10,12H,7-9,11H2,1-2H3,(H2,27,29,30). The Hall–Kier alpha value is -2.59. The predicted molar refractivity (Wildman–Crippen MR) is 124 cm³/mol. The van der Waals surface area contributed by atoms with Gasteiger partial charge in [0.05, 0.1) is 26.1 Å². The van der Waals surface area contributed by atoms with E-state index in [-0.39, 0.29) is 12.5 Å². The number of halogens is 6. The highest BCUT2D eigenvalue weighted by atomic mass is 32.2. The molecule has 0 aliphatic carbocycles. The molecule has 2 aromatic heterocycles. The Labute approximate surface area is 216 Å². The van der Waals surface area contributed by atoms with E-state index in [4.69, 9.17) is 15.2 Å². The van der Waals surface area contributed by atoms with Crippen LogP contribution in [0.3, 0.4) is 0 Å². The fourth-order valence-corrected chi connectivity index (χ4v) is 5.12. The van der Waals surface area contributed by atoms with Gasteiger partial charge < -0.3 is 19.8 Å². The van der Waals surface area contributed by atoms with E-state index in [0.717, 1.165) is 4.90 Å². The number of methoxy groups -OCH3 is 1. The first-order valence-corrected chi connectivity index (χ1v) is 13.1. The number of ether oxygens (including phenoxy) is 2. The predicted octanol–water partition coefficient (Wildman–Crippen LogP) is 5.28. The summed E-state index contributed by atoms with van der Waals surface area (Å²) in [5, 5.41) is 0.440. The molecule has 0 amide bonds. The molecule has 3 rings (SSSR count). The number of anilines is 1. The second-order valence-electron chi connectivity index (χ2n) is 7.73. The summed E-state index contributed by atoms with van der Waals surface area (Å²) < 4.78 is 108. The number of fused-ring (bicyclic) bond motifs is 1. The Morgan fingerprint density at radius 1 is 1.05 bits per heavy atom. The van der Waals surface area contributed by atoms with Crippen LogP contribution in [0.2, 0.25) is 0 Å². The summed E-state index contributed by atoms with van der Waals surface area (Å²) in [7, 11) is -3.37. The fourth-order valence-electron chi connectivity index (χ4n) is 2.90. The third kappa shape index (κ3) is 9.01. The quantitative estimate of drug-likeness (QED) is 0.170. The number of benzene rings is 1. The third-order valence-corrected chi connectivity index (χ3v) is 7.04. The largest absolute Gasteiger partial charge is 0.497 e. The van der Waals surface area contributed by atoms with Gasteiger partial charge in [0.2, 0.25) is 5.95 Å². The molecule has 0 radical (unpaired) electrons. The Morgan fingerprint density at radius 3 is 2.21 bits per heavy atom. The molecule has 0 saturated heterocycles. The molecule has 0 saturated carbocycles. The number of aromatic nitrogens is 4. The first-order chi connectivity index (χ1) is 17.7. The minimum absolute atomic E-state index is 0.0296. The van der Waals surface area contributed by atoms with Crippen molar-refractivity contribution in [3.63, 3.8) is 0 Å². The molecule has 1 aromatic carbocycles. The van der Waals surface area contributed by atoms with Gasteiger partial charge in [0, 0.05) is 4.90 Å². The molecule has 2 heterocycles. The van der Waals surface area contributed by atoms with E-state index in [0.29, 0.717) is 21.9 Å². The average molecular weight is 589 g/mol. The van der Waals surface area contributed by atoms with E-state index in [1.807, 2.05) is 0 Å². The molecule has 10 nitrogen and oxygen atoms in total. The van der Waals surface area contributed by atoms with Crippen molar-refractivity contribution in [3.05, 3.63) is 30.6 Å². The van der Waals surface area contributed by atoms with Crippen LogP contribution in [-0.2, 0) is 24.9 Å². The van der Waals surface area contributed by atoms with Crippen molar-refractivity contribution < 1.29 is 49.4 Å². The van der Waals surface area contributed by atoms with Gasteiger partial charge in [0.15, 0.2) is 18.9 Å². The minimum atomic E-state index is -4.94. The van der Waals surface area contributed by atoms with Crippen molar-refractivity contribution in [2.45, 2.75) is 41.8 Å². The number of nitrogens with two attached hydrogens (primary N) is 1. The van der Waals surface area contributed by atoms with Gasteiger partial charge in [-0.1, -0.05) is 11.8 Å². The van der Waals surface area contributed by atoms with E-state index >= 15 is 0 Å². The highest BCUT2D eigenvalue weighted by molar-refractivity contribution is 7.99. The number of hydrogen-bond acceptors (Lipinski definition) is 10. The maximum atomic E-state index is 12.5.